The molecule has 0 atom stereocenters. The number of thiazole rings is 1. The lowest BCUT2D eigenvalue weighted by Crippen LogP contribution is -2.39. The third-order valence-corrected chi connectivity index (χ3v) is 5.82. The Bertz CT molecular complexity index is 918. The van der Waals surface area contributed by atoms with Crippen molar-refractivity contribution in [1.29, 1.82) is 0 Å². The Balaban J connectivity index is 0.00000280. The first-order valence-corrected chi connectivity index (χ1v) is 10.3. The van der Waals surface area contributed by atoms with E-state index in [1.165, 1.54) is 5.56 Å². The van der Waals surface area contributed by atoms with E-state index in [9.17, 15) is 4.79 Å². The average molecular weight is 422 g/mol. The number of aryl methyl sites for hydroxylation is 2. The molecule has 0 bridgehead atoms. The molecule has 0 unspecified atom stereocenters. The number of halogens is 1. The molecule has 0 aliphatic heterocycles. The summed E-state index contributed by atoms with van der Waals surface area (Å²) in [7, 11) is 0. The number of benzene rings is 1. The second-order valence-electron chi connectivity index (χ2n) is 6.48. The zero-order chi connectivity index (χ0) is 19.4. The van der Waals surface area contributed by atoms with Crippen LogP contribution >= 0.6 is 23.7 Å². The Morgan fingerprint density at radius 3 is 2.57 bits per heavy atom. The molecule has 0 aliphatic rings. The van der Waals surface area contributed by atoms with Crippen LogP contribution in [0.15, 0.2) is 30.5 Å². The van der Waals surface area contributed by atoms with Gasteiger partial charge in [-0.1, -0.05) is 31.3 Å². The van der Waals surface area contributed by atoms with E-state index in [0.29, 0.717) is 18.8 Å². The van der Waals surface area contributed by atoms with Crippen LogP contribution in [-0.2, 0) is 6.54 Å². The van der Waals surface area contributed by atoms with Gasteiger partial charge in [0, 0.05) is 25.8 Å². The highest BCUT2D eigenvalue weighted by Gasteiger charge is 2.24. The molecule has 1 amide bonds. The summed E-state index contributed by atoms with van der Waals surface area (Å²) in [6, 6.07) is 7.99. The predicted octanol–water partition coefficient (Wildman–Crippen LogP) is 4.23. The lowest BCUT2D eigenvalue weighted by atomic mass is 10.2. The number of anilines is 1. The van der Waals surface area contributed by atoms with Crippen LogP contribution < -0.4 is 4.90 Å². The van der Waals surface area contributed by atoms with Gasteiger partial charge in [0.25, 0.3) is 5.91 Å². The number of carbonyl (C=O) groups excluding carboxylic acids is 1. The van der Waals surface area contributed by atoms with Crippen molar-refractivity contribution in [3.8, 4) is 0 Å². The number of carbonyl (C=O) groups is 1. The molecule has 0 fully saturated rings. The standard InChI is InChI=1S/C20H27N5OS.ClH/c1-5-23(6-2)12-13-24(19(26)17-10-11-21-25(17)7-3)20-22-16-9-8-15(4)14-18(16)27-20;/h8-11,14H,5-7,12-13H2,1-4H3;1H. The van der Waals surface area contributed by atoms with Gasteiger partial charge < -0.3 is 4.90 Å². The number of likely N-dealkylation sites (N-methyl/N-ethyl adjacent to an activating group) is 1. The van der Waals surface area contributed by atoms with Crippen LogP contribution in [0.5, 0.6) is 0 Å². The number of nitrogens with zero attached hydrogens (tertiary/aromatic N) is 5. The first kappa shape index (κ1) is 22.3. The number of hydrogen-bond acceptors (Lipinski definition) is 5. The molecule has 3 aromatic rings. The molecule has 0 spiro atoms. The summed E-state index contributed by atoms with van der Waals surface area (Å²) in [4.78, 5) is 22.2. The summed E-state index contributed by atoms with van der Waals surface area (Å²) in [6.07, 6.45) is 1.68. The topological polar surface area (TPSA) is 54.3 Å². The minimum atomic E-state index is -0.0442. The van der Waals surface area contributed by atoms with Gasteiger partial charge in [-0.15, -0.1) is 12.4 Å². The van der Waals surface area contributed by atoms with Crippen molar-refractivity contribution in [3.05, 3.63) is 41.7 Å². The molecule has 8 heteroatoms. The van der Waals surface area contributed by atoms with E-state index in [4.69, 9.17) is 4.98 Å². The highest BCUT2D eigenvalue weighted by molar-refractivity contribution is 7.22. The Morgan fingerprint density at radius 2 is 1.89 bits per heavy atom. The first-order valence-electron chi connectivity index (χ1n) is 9.50. The van der Waals surface area contributed by atoms with Crippen LogP contribution in [0, 0.1) is 6.92 Å². The van der Waals surface area contributed by atoms with E-state index in [0.717, 1.165) is 35.0 Å². The van der Waals surface area contributed by atoms with Gasteiger partial charge in [-0.3, -0.25) is 14.4 Å². The fraction of sp³-hybridized carbons (Fsp3) is 0.450. The summed E-state index contributed by atoms with van der Waals surface area (Å²) >= 11 is 1.57. The third kappa shape index (κ3) is 4.71. The van der Waals surface area contributed by atoms with E-state index in [-0.39, 0.29) is 18.3 Å². The smallest absolute Gasteiger partial charge is 0.278 e. The molecule has 6 nitrogen and oxygen atoms in total. The van der Waals surface area contributed by atoms with Crippen molar-refractivity contribution < 1.29 is 4.79 Å². The highest BCUT2D eigenvalue weighted by Crippen LogP contribution is 2.30. The maximum atomic E-state index is 13.3. The van der Waals surface area contributed by atoms with Crippen LogP contribution in [0.2, 0.25) is 0 Å². The second-order valence-corrected chi connectivity index (χ2v) is 7.49. The lowest BCUT2D eigenvalue weighted by molar-refractivity contribution is 0.0973. The van der Waals surface area contributed by atoms with Crippen LogP contribution in [-0.4, -0.2) is 51.8 Å². The van der Waals surface area contributed by atoms with Crippen molar-refractivity contribution in [2.24, 2.45) is 0 Å². The zero-order valence-electron chi connectivity index (χ0n) is 16.9. The maximum Gasteiger partial charge on any atom is 0.278 e. The van der Waals surface area contributed by atoms with Crippen molar-refractivity contribution in [1.82, 2.24) is 19.7 Å². The molecule has 0 radical (unpaired) electrons. The molecule has 152 valence electrons. The average Bonchev–Trinajstić information content (AvgIpc) is 3.31. The van der Waals surface area contributed by atoms with E-state index in [1.54, 1.807) is 28.3 Å². The molecule has 0 saturated heterocycles. The molecular formula is C20H28ClN5OS. The molecule has 3 rings (SSSR count). The number of fused-ring (bicyclic) bond motifs is 1. The summed E-state index contributed by atoms with van der Waals surface area (Å²) in [5.74, 6) is -0.0442. The van der Waals surface area contributed by atoms with Crippen molar-refractivity contribution in [3.63, 3.8) is 0 Å². The predicted molar refractivity (Wildman–Crippen MR) is 119 cm³/mol. The maximum absolute atomic E-state index is 13.3. The van der Waals surface area contributed by atoms with Gasteiger partial charge in [-0.05, 0) is 50.7 Å². The van der Waals surface area contributed by atoms with Gasteiger partial charge in [0.1, 0.15) is 5.69 Å². The number of amides is 1. The molecule has 1 aromatic carbocycles. The molecule has 2 aromatic heterocycles. The highest BCUT2D eigenvalue weighted by atomic mass is 35.5. The minimum Gasteiger partial charge on any atom is -0.302 e. The Kier molecular flexibility index (Phi) is 7.98. The molecular weight excluding hydrogens is 394 g/mol. The van der Waals surface area contributed by atoms with Crippen LogP contribution in [0.1, 0.15) is 36.8 Å². The first-order chi connectivity index (χ1) is 13.1. The van der Waals surface area contributed by atoms with Crippen LogP contribution in [0.4, 0.5) is 5.13 Å². The second kappa shape index (κ2) is 10.0. The van der Waals surface area contributed by atoms with Crippen molar-refractivity contribution in [2.75, 3.05) is 31.1 Å². The van der Waals surface area contributed by atoms with Crippen molar-refractivity contribution >= 4 is 45.0 Å². The molecule has 0 aliphatic carbocycles. The van der Waals surface area contributed by atoms with Gasteiger partial charge in [-0.25, -0.2) is 4.98 Å². The molecule has 28 heavy (non-hydrogen) atoms. The molecule has 0 saturated carbocycles. The van der Waals surface area contributed by atoms with Crippen molar-refractivity contribution in [2.45, 2.75) is 34.2 Å². The monoisotopic (exact) mass is 421 g/mol. The normalized spacial score (nSPS) is 11.0. The molecule has 2 heterocycles. The Hall–Kier alpha value is -1.96. The Labute approximate surface area is 176 Å². The lowest BCUT2D eigenvalue weighted by Gasteiger charge is -2.24. The summed E-state index contributed by atoms with van der Waals surface area (Å²) in [5.41, 5.74) is 2.74. The third-order valence-electron chi connectivity index (χ3n) is 4.78. The summed E-state index contributed by atoms with van der Waals surface area (Å²) in [6.45, 7) is 12.4. The van der Waals surface area contributed by atoms with E-state index < -0.39 is 0 Å². The summed E-state index contributed by atoms with van der Waals surface area (Å²) < 4.78 is 2.85. The van der Waals surface area contributed by atoms with E-state index >= 15 is 0 Å². The van der Waals surface area contributed by atoms with Gasteiger partial charge >= 0.3 is 0 Å². The molecule has 0 N–H and O–H groups in total. The summed E-state index contributed by atoms with van der Waals surface area (Å²) in [5, 5.41) is 5.00. The van der Waals surface area contributed by atoms with Gasteiger partial charge in [-0.2, -0.15) is 5.10 Å². The van der Waals surface area contributed by atoms with Gasteiger partial charge in [0.2, 0.25) is 0 Å². The zero-order valence-corrected chi connectivity index (χ0v) is 18.5. The quantitative estimate of drug-likeness (QED) is 0.546. The van der Waals surface area contributed by atoms with Gasteiger partial charge in [0.15, 0.2) is 5.13 Å². The number of aromatic nitrogens is 3. The van der Waals surface area contributed by atoms with Gasteiger partial charge in [0.05, 0.1) is 10.2 Å². The minimum absolute atomic E-state index is 0. The number of rotatable bonds is 8. The largest absolute Gasteiger partial charge is 0.302 e. The van der Waals surface area contributed by atoms with E-state index in [1.807, 2.05) is 17.9 Å². The Morgan fingerprint density at radius 1 is 1.14 bits per heavy atom. The fourth-order valence-electron chi connectivity index (χ4n) is 3.11. The van der Waals surface area contributed by atoms with Crippen LogP contribution in [0.25, 0.3) is 10.2 Å². The van der Waals surface area contributed by atoms with E-state index in [2.05, 4.69) is 42.9 Å². The fourth-order valence-corrected chi connectivity index (χ4v) is 4.19. The SMILES string of the molecule is CCN(CC)CCN(C(=O)c1ccnn1CC)c1nc2ccc(C)cc2s1.Cl. The van der Waals surface area contributed by atoms with Crippen LogP contribution in [0.3, 0.4) is 0 Å². The number of hydrogen-bond donors (Lipinski definition) is 0.